The fourth-order valence-electron chi connectivity index (χ4n) is 3.01. The fourth-order valence-corrected chi connectivity index (χ4v) is 3.01. The predicted molar refractivity (Wildman–Crippen MR) is 91.9 cm³/mol. The molecule has 2 nitrogen and oxygen atoms in total. The molecule has 0 aliphatic carbocycles. The molecule has 2 aromatic rings. The van der Waals surface area contributed by atoms with Crippen molar-refractivity contribution in [1.29, 1.82) is 0 Å². The molecule has 0 aliphatic rings. The summed E-state index contributed by atoms with van der Waals surface area (Å²) < 4.78 is 0. The van der Waals surface area contributed by atoms with Gasteiger partial charge >= 0.3 is 0 Å². The maximum Gasteiger partial charge on any atom is 0.122 e. The molecule has 2 heteroatoms. The average molecular weight is 298 g/mol. The third-order valence-electron chi connectivity index (χ3n) is 4.16. The van der Waals surface area contributed by atoms with Crippen molar-refractivity contribution >= 4 is 0 Å². The van der Waals surface area contributed by atoms with E-state index in [1.54, 1.807) is 0 Å². The molecule has 0 aliphatic heterocycles. The van der Waals surface area contributed by atoms with Gasteiger partial charge in [-0.05, 0) is 54.5 Å². The van der Waals surface area contributed by atoms with Crippen LogP contribution in [0.2, 0.25) is 0 Å². The standard InChI is InChI=1S/C20H26O2/c1-5-7-16-8-13(3)9-17(20(16)22)12-18-11-15(6-2)10-14(4)19(18)21/h8-11,21-22H,5-7,12H2,1-4H3. The highest BCUT2D eigenvalue weighted by atomic mass is 16.3. The minimum absolute atomic E-state index is 0.343. The summed E-state index contributed by atoms with van der Waals surface area (Å²) >= 11 is 0. The number of rotatable bonds is 5. The molecule has 2 N–H and O–H groups in total. The third-order valence-corrected chi connectivity index (χ3v) is 4.16. The Hall–Kier alpha value is -1.96. The van der Waals surface area contributed by atoms with Crippen molar-refractivity contribution in [3.05, 3.63) is 57.6 Å². The number of aromatic hydroxyl groups is 2. The first-order valence-electron chi connectivity index (χ1n) is 8.09. The molecule has 0 fully saturated rings. The van der Waals surface area contributed by atoms with Crippen LogP contribution in [0.4, 0.5) is 0 Å². The van der Waals surface area contributed by atoms with Gasteiger partial charge < -0.3 is 10.2 Å². The Kier molecular flexibility index (Phi) is 5.12. The van der Waals surface area contributed by atoms with E-state index in [1.807, 2.05) is 25.1 Å². The van der Waals surface area contributed by atoms with Crippen LogP contribution < -0.4 is 0 Å². The number of phenols is 2. The second-order valence-corrected chi connectivity index (χ2v) is 6.13. The Bertz CT molecular complexity index is 672. The van der Waals surface area contributed by atoms with Gasteiger partial charge in [0.15, 0.2) is 0 Å². The van der Waals surface area contributed by atoms with Crippen LogP contribution in [0, 0.1) is 13.8 Å². The second kappa shape index (κ2) is 6.87. The summed E-state index contributed by atoms with van der Waals surface area (Å²) in [5, 5.41) is 20.8. The molecule has 0 saturated heterocycles. The summed E-state index contributed by atoms with van der Waals surface area (Å²) in [7, 11) is 0. The normalized spacial score (nSPS) is 10.9. The van der Waals surface area contributed by atoms with Gasteiger partial charge in [-0.1, -0.05) is 50.1 Å². The van der Waals surface area contributed by atoms with Crippen molar-refractivity contribution in [2.45, 2.75) is 53.4 Å². The summed E-state index contributed by atoms with van der Waals surface area (Å²) in [6, 6.07) is 8.14. The number of aryl methyl sites for hydroxylation is 4. The average Bonchev–Trinajstić information content (AvgIpc) is 2.48. The van der Waals surface area contributed by atoms with E-state index < -0.39 is 0 Å². The minimum Gasteiger partial charge on any atom is -0.507 e. The van der Waals surface area contributed by atoms with Crippen LogP contribution in [0.5, 0.6) is 11.5 Å². The first-order valence-corrected chi connectivity index (χ1v) is 8.09. The van der Waals surface area contributed by atoms with Crippen molar-refractivity contribution in [2.24, 2.45) is 0 Å². The van der Waals surface area contributed by atoms with E-state index in [-0.39, 0.29) is 0 Å². The molecule has 0 heterocycles. The van der Waals surface area contributed by atoms with Crippen molar-refractivity contribution in [3.8, 4) is 11.5 Å². The maximum atomic E-state index is 10.5. The highest BCUT2D eigenvalue weighted by Gasteiger charge is 2.13. The zero-order valence-electron chi connectivity index (χ0n) is 14.0. The highest BCUT2D eigenvalue weighted by Crippen LogP contribution is 2.32. The molecule has 22 heavy (non-hydrogen) atoms. The number of phenolic OH excluding ortho intramolecular Hbond substituents is 2. The van der Waals surface area contributed by atoms with Crippen LogP contribution in [0.3, 0.4) is 0 Å². The van der Waals surface area contributed by atoms with Crippen molar-refractivity contribution in [2.75, 3.05) is 0 Å². The Labute approximate surface area is 133 Å². The zero-order valence-corrected chi connectivity index (χ0v) is 14.0. The van der Waals surface area contributed by atoms with E-state index in [0.717, 1.165) is 47.1 Å². The van der Waals surface area contributed by atoms with Crippen LogP contribution in [-0.4, -0.2) is 10.2 Å². The van der Waals surface area contributed by atoms with Gasteiger partial charge in [0.2, 0.25) is 0 Å². The molecule has 0 unspecified atom stereocenters. The molecule has 0 atom stereocenters. The number of benzene rings is 2. The lowest BCUT2D eigenvalue weighted by atomic mass is 9.94. The van der Waals surface area contributed by atoms with Crippen LogP contribution >= 0.6 is 0 Å². The molecule has 0 radical (unpaired) electrons. The van der Waals surface area contributed by atoms with Gasteiger partial charge in [0, 0.05) is 6.42 Å². The van der Waals surface area contributed by atoms with E-state index in [1.165, 1.54) is 5.56 Å². The van der Waals surface area contributed by atoms with Crippen LogP contribution in [-0.2, 0) is 19.3 Å². The topological polar surface area (TPSA) is 40.5 Å². The second-order valence-electron chi connectivity index (χ2n) is 6.13. The molecule has 2 rings (SSSR count). The molecule has 0 bridgehead atoms. The van der Waals surface area contributed by atoms with Gasteiger partial charge in [0.25, 0.3) is 0 Å². The zero-order chi connectivity index (χ0) is 16.3. The molecule has 0 aromatic heterocycles. The van der Waals surface area contributed by atoms with Crippen molar-refractivity contribution < 1.29 is 10.2 Å². The summed E-state index contributed by atoms with van der Waals surface area (Å²) in [5.74, 6) is 0.724. The van der Waals surface area contributed by atoms with Crippen LogP contribution in [0.15, 0.2) is 24.3 Å². The Balaban J connectivity index is 2.45. The molecule has 2 aromatic carbocycles. The largest absolute Gasteiger partial charge is 0.507 e. The lowest BCUT2D eigenvalue weighted by Crippen LogP contribution is -1.97. The Morgan fingerprint density at radius 3 is 2.09 bits per heavy atom. The quantitative estimate of drug-likeness (QED) is 0.830. The molecule has 0 amide bonds. The van der Waals surface area contributed by atoms with Crippen molar-refractivity contribution in [3.63, 3.8) is 0 Å². The molecule has 118 valence electrons. The number of hydrogen-bond acceptors (Lipinski definition) is 2. The fraction of sp³-hybridized carbons (Fsp3) is 0.400. The Morgan fingerprint density at radius 2 is 1.45 bits per heavy atom. The predicted octanol–water partition coefficient (Wildman–Crippen LogP) is 4.82. The number of hydrogen-bond donors (Lipinski definition) is 2. The minimum atomic E-state index is 0.343. The summed E-state index contributed by atoms with van der Waals surface area (Å²) in [5.41, 5.74) is 6.05. The lowest BCUT2D eigenvalue weighted by molar-refractivity contribution is 0.456. The van der Waals surface area contributed by atoms with E-state index in [9.17, 15) is 10.2 Å². The first kappa shape index (κ1) is 16.4. The van der Waals surface area contributed by atoms with E-state index in [0.29, 0.717) is 17.9 Å². The van der Waals surface area contributed by atoms with E-state index in [2.05, 4.69) is 26.8 Å². The van der Waals surface area contributed by atoms with E-state index >= 15 is 0 Å². The van der Waals surface area contributed by atoms with E-state index in [4.69, 9.17) is 0 Å². The Morgan fingerprint density at radius 1 is 0.818 bits per heavy atom. The highest BCUT2D eigenvalue weighted by molar-refractivity contribution is 5.50. The molecular formula is C20H26O2. The molecular weight excluding hydrogens is 272 g/mol. The van der Waals surface area contributed by atoms with Gasteiger partial charge in [-0.3, -0.25) is 0 Å². The van der Waals surface area contributed by atoms with Crippen LogP contribution in [0.1, 0.15) is 53.6 Å². The van der Waals surface area contributed by atoms with Crippen molar-refractivity contribution in [1.82, 2.24) is 0 Å². The van der Waals surface area contributed by atoms with Gasteiger partial charge in [-0.15, -0.1) is 0 Å². The van der Waals surface area contributed by atoms with Gasteiger partial charge in [0.05, 0.1) is 0 Å². The molecule has 0 saturated carbocycles. The molecule has 0 spiro atoms. The summed E-state index contributed by atoms with van der Waals surface area (Å²) in [4.78, 5) is 0. The summed E-state index contributed by atoms with van der Waals surface area (Å²) in [6.07, 6.45) is 3.38. The SMILES string of the molecule is CCCc1cc(C)cc(Cc2cc(CC)cc(C)c2O)c1O. The lowest BCUT2D eigenvalue weighted by Gasteiger charge is -2.14. The smallest absolute Gasteiger partial charge is 0.122 e. The monoisotopic (exact) mass is 298 g/mol. The summed E-state index contributed by atoms with van der Waals surface area (Å²) in [6.45, 7) is 8.20. The van der Waals surface area contributed by atoms with Crippen LogP contribution in [0.25, 0.3) is 0 Å². The van der Waals surface area contributed by atoms with Gasteiger partial charge in [-0.25, -0.2) is 0 Å². The van der Waals surface area contributed by atoms with Gasteiger partial charge in [0.1, 0.15) is 11.5 Å². The maximum absolute atomic E-state index is 10.5. The van der Waals surface area contributed by atoms with Gasteiger partial charge in [-0.2, -0.15) is 0 Å². The first-order chi connectivity index (χ1) is 10.5. The third kappa shape index (κ3) is 3.44.